The fourth-order valence-electron chi connectivity index (χ4n) is 2.03. The Morgan fingerprint density at radius 2 is 1.95 bits per heavy atom. The second kappa shape index (κ2) is 7.26. The highest BCUT2D eigenvalue weighted by molar-refractivity contribution is 14.1. The summed E-state index contributed by atoms with van der Waals surface area (Å²) in [5, 5.41) is 5.77. The molecule has 0 saturated carbocycles. The predicted octanol–water partition coefficient (Wildman–Crippen LogP) is 4.45. The molecule has 0 spiro atoms. The maximum absolute atomic E-state index is 5.49. The fraction of sp³-hybridized carbons (Fsp3) is 0.333. The molecule has 0 bridgehead atoms. The molecule has 0 aliphatic carbocycles. The summed E-state index contributed by atoms with van der Waals surface area (Å²) in [5.74, 6) is 0.932. The molecule has 0 aliphatic rings. The van der Waals surface area contributed by atoms with E-state index in [0.717, 1.165) is 12.3 Å². The maximum atomic E-state index is 5.49. The Labute approximate surface area is 132 Å². The number of halogens is 1. The highest BCUT2D eigenvalue weighted by Gasteiger charge is 2.14. The SMILES string of the molecule is CCNC(c1ccc(OCC)cc1)c1csc(I)c1. The van der Waals surface area contributed by atoms with Gasteiger partial charge in [0.15, 0.2) is 0 Å². The molecule has 0 saturated heterocycles. The largest absolute Gasteiger partial charge is 0.494 e. The molecule has 2 aromatic rings. The van der Waals surface area contributed by atoms with Crippen LogP contribution in [0.3, 0.4) is 0 Å². The van der Waals surface area contributed by atoms with Gasteiger partial charge in [-0.3, -0.25) is 0 Å². The van der Waals surface area contributed by atoms with Gasteiger partial charge in [-0.15, -0.1) is 11.3 Å². The summed E-state index contributed by atoms with van der Waals surface area (Å²) in [4.78, 5) is 0. The molecule has 1 N–H and O–H groups in total. The monoisotopic (exact) mass is 387 g/mol. The topological polar surface area (TPSA) is 21.3 Å². The van der Waals surface area contributed by atoms with Gasteiger partial charge in [0.05, 0.1) is 15.5 Å². The van der Waals surface area contributed by atoms with Crippen LogP contribution in [0.2, 0.25) is 0 Å². The second-order valence-electron chi connectivity index (χ2n) is 4.18. The average Bonchev–Trinajstić information content (AvgIpc) is 2.84. The van der Waals surface area contributed by atoms with Crippen LogP contribution in [0.15, 0.2) is 35.7 Å². The van der Waals surface area contributed by atoms with Gasteiger partial charge in [0.2, 0.25) is 0 Å². The fourth-order valence-corrected chi connectivity index (χ4v) is 3.43. The molecule has 0 radical (unpaired) electrons. The highest BCUT2D eigenvalue weighted by Crippen LogP contribution is 2.28. The molecule has 0 amide bonds. The molecule has 0 aliphatic heterocycles. The number of hydrogen-bond acceptors (Lipinski definition) is 3. The Balaban J connectivity index is 2.23. The van der Waals surface area contributed by atoms with Crippen molar-refractivity contribution in [2.45, 2.75) is 19.9 Å². The first-order chi connectivity index (χ1) is 9.24. The summed E-state index contributed by atoms with van der Waals surface area (Å²) in [7, 11) is 0. The van der Waals surface area contributed by atoms with Crippen LogP contribution in [-0.4, -0.2) is 13.2 Å². The number of benzene rings is 1. The molecule has 1 aromatic heterocycles. The van der Waals surface area contributed by atoms with Crippen molar-refractivity contribution in [1.82, 2.24) is 5.32 Å². The lowest BCUT2D eigenvalue weighted by Crippen LogP contribution is -2.21. The lowest BCUT2D eigenvalue weighted by atomic mass is 10.0. The quantitative estimate of drug-likeness (QED) is 0.740. The van der Waals surface area contributed by atoms with Gasteiger partial charge in [-0.2, -0.15) is 0 Å². The predicted molar refractivity (Wildman–Crippen MR) is 90.2 cm³/mol. The van der Waals surface area contributed by atoms with Gasteiger partial charge in [-0.25, -0.2) is 0 Å². The smallest absolute Gasteiger partial charge is 0.119 e. The van der Waals surface area contributed by atoms with E-state index in [1.54, 1.807) is 11.3 Å². The number of hydrogen-bond donors (Lipinski definition) is 1. The van der Waals surface area contributed by atoms with E-state index in [-0.39, 0.29) is 6.04 Å². The molecule has 0 fully saturated rings. The summed E-state index contributed by atoms with van der Waals surface area (Å²) in [6.07, 6.45) is 0. The Morgan fingerprint density at radius 3 is 2.47 bits per heavy atom. The molecule has 1 heterocycles. The molecule has 2 rings (SSSR count). The van der Waals surface area contributed by atoms with Gasteiger partial charge in [0, 0.05) is 0 Å². The summed E-state index contributed by atoms with van der Waals surface area (Å²) in [6.45, 7) is 5.80. The van der Waals surface area contributed by atoms with Crippen LogP contribution in [-0.2, 0) is 0 Å². The first kappa shape index (κ1) is 14.8. The maximum Gasteiger partial charge on any atom is 0.119 e. The first-order valence-corrected chi connectivity index (χ1v) is 8.40. The third kappa shape index (κ3) is 3.94. The van der Waals surface area contributed by atoms with Crippen LogP contribution in [0, 0.1) is 2.88 Å². The van der Waals surface area contributed by atoms with Gasteiger partial charge in [-0.1, -0.05) is 19.1 Å². The molecule has 1 aromatic carbocycles. The van der Waals surface area contributed by atoms with Crippen LogP contribution in [0.5, 0.6) is 5.75 Å². The molecule has 4 heteroatoms. The van der Waals surface area contributed by atoms with Crippen LogP contribution < -0.4 is 10.1 Å². The lowest BCUT2D eigenvalue weighted by Gasteiger charge is -2.17. The standard InChI is InChI=1S/C15H18INOS/c1-3-17-15(12-9-14(16)19-10-12)11-5-7-13(8-6-11)18-4-2/h5-10,15,17H,3-4H2,1-2H3. The zero-order valence-electron chi connectivity index (χ0n) is 11.2. The summed E-state index contributed by atoms with van der Waals surface area (Å²) >= 11 is 4.16. The molecule has 102 valence electrons. The summed E-state index contributed by atoms with van der Waals surface area (Å²) in [5.41, 5.74) is 2.61. The third-order valence-corrected chi connectivity index (χ3v) is 4.66. The van der Waals surface area contributed by atoms with E-state index < -0.39 is 0 Å². The van der Waals surface area contributed by atoms with E-state index in [9.17, 15) is 0 Å². The Kier molecular flexibility index (Phi) is 5.66. The van der Waals surface area contributed by atoms with Crippen LogP contribution >= 0.6 is 33.9 Å². The molecule has 2 nitrogen and oxygen atoms in total. The van der Waals surface area contributed by atoms with E-state index >= 15 is 0 Å². The number of thiophene rings is 1. The minimum Gasteiger partial charge on any atom is -0.494 e. The summed E-state index contributed by atoms with van der Waals surface area (Å²) < 4.78 is 6.81. The van der Waals surface area contributed by atoms with Crippen LogP contribution in [0.25, 0.3) is 0 Å². The van der Waals surface area contributed by atoms with E-state index in [2.05, 4.69) is 58.4 Å². The van der Waals surface area contributed by atoms with Crippen molar-refractivity contribution >= 4 is 33.9 Å². The zero-order valence-corrected chi connectivity index (χ0v) is 14.1. The molecular weight excluding hydrogens is 369 g/mol. The number of nitrogens with one attached hydrogen (secondary N) is 1. The van der Waals surface area contributed by atoms with Gasteiger partial charge in [0.25, 0.3) is 0 Å². The van der Waals surface area contributed by atoms with Gasteiger partial charge >= 0.3 is 0 Å². The van der Waals surface area contributed by atoms with Gasteiger partial charge in [-0.05, 0) is 70.8 Å². The van der Waals surface area contributed by atoms with Crippen molar-refractivity contribution in [3.05, 3.63) is 49.7 Å². The lowest BCUT2D eigenvalue weighted by molar-refractivity contribution is 0.340. The minimum atomic E-state index is 0.264. The van der Waals surface area contributed by atoms with E-state index in [1.807, 2.05) is 19.1 Å². The molecule has 1 unspecified atom stereocenters. The van der Waals surface area contributed by atoms with Crippen LogP contribution in [0.1, 0.15) is 31.0 Å². The summed E-state index contributed by atoms with van der Waals surface area (Å²) in [6, 6.07) is 10.9. The Hall–Kier alpha value is -0.590. The van der Waals surface area contributed by atoms with Crippen molar-refractivity contribution < 1.29 is 4.74 Å². The normalized spacial score (nSPS) is 12.4. The van der Waals surface area contributed by atoms with Crippen molar-refractivity contribution in [3.63, 3.8) is 0 Å². The molecule has 1 atom stereocenters. The first-order valence-electron chi connectivity index (χ1n) is 6.44. The van der Waals surface area contributed by atoms with E-state index in [1.165, 1.54) is 14.0 Å². The molecule has 19 heavy (non-hydrogen) atoms. The zero-order chi connectivity index (χ0) is 13.7. The highest BCUT2D eigenvalue weighted by atomic mass is 127. The third-order valence-electron chi connectivity index (χ3n) is 2.85. The minimum absolute atomic E-state index is 0.264. The second-order valence-corrected chi connectivity index (χ2v) is 6.98. The molecular formula is C15H18INOS. The van der Waals surface area contributed by atoms with Crippen LogP contribution in [0.4, 0.5) is 0 Å². The number of ether oxygens (including phenoxy) is 1. The van der Waals surface area contributed by atoms with Crippen molar-refractivity contribution in [1.29, 1.82) is 0 Å². The Bertz CT molecular complexity index is 509. The van der Waals surface area contributed by atoms with E-state index in [0.29, 0.717) is 6.61 Å². The van der Waals surface area contributed by atoms with Gasteiger partial charge in [0.1, 0.15) is 5.75 Å². The van der Waals surface area contributed by atoms with Crippen molar-refractivity contribution in [3.8, 4) is 5.75 Å². The van der Waals surface area contributed by atoms with Gasteiger partial charge < -0.3 is 10.1 Å². The van der Waals surface area contributed by atoms with Crippen molar-refractivity contribution in [2.24, 2.45) is 0 Å². The van der Waals surface area contributed by atoms with E-state index in [4.69, 9.17) is 4.74 Å². The van der Waals surface area contributed by atoms with Crippen molar-refractivity contribution in [2.75, 3.05) is 13.2 Å². The number of rotatable bonds is 6. The average molecular weight is 387 g/mol. The Morgan fingerprint density at radius 1 is 1.21 bits per heavy atom.